The minimum Gasteiger partial charge on any atom is -0.274 e. The number of carbonyl (C=O) groups excluding carboxylic acids is 1. The molecule has 1 amide bonds. The third-order valence-electron chi connectivity index (χ3n) is 3.00. The van der Waals surface area contributed by atoms with Gasteiger partial charge in [0.25, 0.3) is 5.92 Å². The van der Waals surface area contributed by atoms with E-state index in [1.807, 2.05) is 0 Å². The quantitative estimate of drug-likeness (QED) is 0.787. The molecule has 9 heteroatoms. The second-order valence-electron chi connectivity index (χ2n) is 4.40. The number of nitrogens with zero attached hydrogens (tertiary/aromatic N) is 4. The van der Waals surface area contributed by atoms with Crippen molar-refractivity contribution in [1.29, 1.82) is 0 Å². The van der Waals surface area contributed by atoms with E-state index in [-0.39, 0.29) is 11.6 Å². The number of carbonyl (C=O) groups is 1. The normalized spacial score (nSPS) is 22.4. The second kappa shape index (κ2) is 4.48. The molecule has 106 valence electrons. The molecule has 2 atom stereocenters. The Bertz CT molecular complexity index is 499. The molecule has 0 saturated heterocycles. The smallest absolute Gasteiger partial charge is 0.274 e. The number of hydroxylamine groups is 2. The van der Waals surface area contributed by atoms with Crippen molar-refractivity contribution < 1.29 is 22.8 Å². The lowest BCUT2D eigenvalue weighted by molar-refractivity contribution is -0.0766. The molecule has 6 nitrogen and oxygen atoms in total. The highest BCUT2D eigenvalue weighted by atomic mass is 19.3. The lowest BCUT2D eigenvalue weighted by atomic mass is 10.1. The van der Waals surface area contributed by atoms with Crippen LogP contribution in [0.2, 0.25) is 0 Å². The number of hydrogen-bond acceptors (Lipinski definition) is 4. The zero-order chi connectivity index (χ0) is 14.4. The summed E-state index contributed by atoms with van der Waals surface area (Å²) in [5.74, 6) is -4.48. The summed E-state index contributed by atoms with van der Waals surface area (Å²) in [6.07, 6.45) is -2.05. The molecule has 0 aromatic carbocycles. The number of rotatable bonds is 3. The van der Waals surface area contributed by atoms with Crippen LogP contribution in [-0.4, -0.2) is 45.8 Å². The zero-order valence-electron chi connectivity index (χ0n) is 10.6. The van der Waals surface area contributed by atoms with Crippen LogP contribution >= 0.6 is 0 Å². The Morgan fingerprint density at radius 3 is 2.74 bits per heavy atom. The van der Waals surface area contributed by atoms with Crippen molar-refractivity contribution in [3.63, 3.8) is 0 Å². The summed E-state index contributed by atoms with van der Waals surface area (Å²) in [6.45, 7) is 0.684. The highest BCUT2D eigenvalue weighted by Gasteiger charge is 2.46. The first-order chi connectivity index (χ1) is 8.75. The van der Waals surface area contributed by atoms with Crippen LogP contribution in [0.25, 0.3) is 0 Å². The van der Waals surface area contributed by atoms with Crippen molar-refractivity contribution in [1.82, 2.24) is 19.8 Å². The molecule has 1 aliphatic rings. The van der Waals surface area contributed by atoms with E-state index in [0.29, 0.717) is 6.92 Å². The van der Waals surface area contributed by atoms with Gasteiger partial charge in [0.1, 0.15) is 6.04 Å². The van der Waals surface area contributed by atoms with Crippen LogP contribution in [-0.2, 0) is 4.84 Å². The monoisotopic (exact) mass is 278 g/mol. The Balaban J connectivity index is 2.36. The standard InChI is InChI=1S/C10H13F3N4O2/c1-10(12,13)6-4-5(11)8-14-7(15-17(6)8)9(18)16(2)19-3/h5-6H,4H2,1-3H3. The molecule has 19 heavy (non-hydrogen) atoms. The van der Waals surface area contributed by atoms with Gasteiger partial charge in [0.2, 0.25) is 5.82 Å². The van der Waals surface area contributed by atoms with Crippen LogP contribution < -0.4 is 0 Å². The molecule has 0 spiro atoms. The van der Waals surface area contributed by atoms with Crippen LogP contribution in [0.15, 0.2) is 0 Å². The van der Waals surface area contributed by atoms with Crippen LogP contribution in [0.5, 0.6) is 0 Å². The largest absolute Gasteiger partial charge is 0.316 e. The van der Waals surface area contributed by atoms with Gasteiger partial charge in [0, 0.05) is 20.4 Å². The van der Waals surface area contributed by atoms with Gasteiger partial charge in [0.05, 0.1) is 7.11 Å². The van der Waals surface area contributed by atoms with Crippen LogP contribution in [0.1, 0.15) is 42.0 Å². The van der Waals surface area contributed by atoms with Crippen molar-refractivity contribution in [2.75, 3.05) is 14.2 Å². The van der Waals surface area contributed by atoms with Crippen LogP contribution in [0, 0.1) is 0 Å². The molecule has 2 heterocycles. The molecule has 2 rings (SSSR count). The van der Waals surface area contributed by atoms with E-state index < -0.39 is 30.5 Å². The predicted molar refractivity (Wildman–Crippen MR) is 57.2 cm³/mol. The summed E-state index contributed by atoms with van der Waals surface area (Å²) in [5, 5.41) is 4.50. The molecule has 1 aromatic heterocycles. The molecular formula is C10H13F3N4O2. The Hall–Kier alpha value is -1.64. The maximum absolute atomic E-state index is 13.6. The summed E-state index contributed by atoms with van der Waals surface area (Å²) >= 11 is 0. The maximum atomic E-state index is 13.6. The van der Waals surface area contributed by atoms with E-state index in [0.717, 1.165) is 9.75 Å². The summed E-state index contributed by atoms with van der Waals surface area (Å²) in [6, 6.07) is -1.43. The topological polar surface area (TPSA) is 60.2 Å². The Morgan fingerprint density at radius 1 is 1.58 bits per heavy atom. The fourth-order valence-corrected chi connectivity index (χ4v) is 1.92. The van der Waals surface area contributed by atoms with E-state index in [2.05, 4.69) is 14.9 Å². The third kappa shape index (κ3) is 2.29. The zero-order valence-corrected chi connectivity index (χ0v) is 10.6. The molecular weight excluding hydrogens is 265 g/mol. The highest BCUT2D eigenvalue weighted by molar-refractivity contribution is 5.89. The van der Waals surface area contributed by atoms with E-state index in [1.54, 1.807) is 0 Å². The fraction of sp³-hybridized carbons (Fsp3) is 0.700. The third-order valence-corrected chi connectivity index (χ3v) is 3.00. The van der Waals surface area contributed by atoms with E-state index in [1.165, 1.54) is 14.2 Å². The lowest BCUT2D eigenvalue weighted by Gasteiger charge is -2.19. The minimum absolute atomic E-state index is 0.251. The summed E-state index contributed by atoms with van der Waals surface area (Å²) in [7, 11) is 2.57. The fourth-order valence-electron chi connectivity index (χ4n) is 1.92. The van der Waals surface area contributed by atoms with Gasteiger partial charge in [-0.25, -0.2) is 27.9 Å². The van der Waals surface area contributed by atoms with E-state index >= 15 is 0 Å². The first-order valence-corrected chi connectivity index (χ1v) is 5.56. The molecule has 2 unspecified atom stereocenters. The van der Waals surface area contributed by atoms with Gasteiger partial charge < -0.3 is 0 Å². The average molecular weight is 278 g/mol. The van der Waals surface area contributed by atoms with Gasteiger partial charge in [-0.1, -0.05) is 0 Å². The number of halogens is 3. The number of alkyl halides is 3. The van der Waals surface area contributed by atoms with Gasteiger partial charge in [-0.3, -0.25) is 9.63 Å². The molecule has 0 radical (unpaired) electrons. The molecule has 0 aliphatic carbocycles. The number of aromatic nitrogens is 3. The first kappa shape index (κ1) is 13.8. The average Bonchev–Trinajstić information content (AvgIpc) is 2.87. The molecule has 0 bridgehead atoms. The highest BCUT2D eigenvalue weighted by Crippen LogP contribution is 2.43. The summed E-state index contributed by atoms with van der Waals surface area (Å²) in [4.78, 5) is 20.0. The van der Waals surface area contributed by atoms with Crippen molar-refractivity contribution in [2.45, 2.75) is 31.5 Å². The molecule has 0 fully saturated rings. The number of hydrogen-bond donors (Lipinski definition) is 0. The second-order valence-corrected chi connectivity index (χ2v) is 4.40. The van der Waals surface area contributed by atoms with Gasteiger partial charge >= 0.3 is 5.91 Å². The SMILES string of the molecule is CON(C)C(=O)c1nc2n(n1)C(C(C)(F)F)CC2F. The molecule has 1 aliphatic heterocycles. The lowest BCUT2D eigenvalue weighted by Crippen LogP contribution is -2.28. The van der Waals surface area contributed by atoms with Gasteiger partial charge in [-0.05, 0) is 0 Å². The Labute approximate surface area is 107 Å². The van der Waals surface area contributed by atoms with Crippen LogP contribution in [0.4, 0.5) is 13.2 Å². The van der Waals surface area contributed by atoms with Crippen molar-refractivity contribution >= 4 is 5.91 Å². The molecule has 1 aromatic rings. The summed E-state index contributed by atoms with van der Waals surface area (Å²) < 4.78 is 41.1. The Morgan fingerprint density at radius 2 is 2.21 bits per heavy atom. The summed E-state index contributed by atoms with van der Waals surface area (Å²) in [5.41, 5.74) is 0. The Kier molecular flexibility index (Phi) is 3.25. The van der Waals surface area contributed by atoms with Crippen molar-refractivity contribution in [2.24, 2.45) is 0 Å². The number of amides is 1. The molecule has 0 N–H and O–H groups in total. The maximum Gasteiger partial charge on any atom is 0.316 e. The van der Waals surface area contributed by atoms with Crippen molar-refractivity contribution in [3.8, 4) is 0 Å². The predicted octanol–water partition coefficient (Wildman–Crippen LogP) is 1.52. The van der Waals surface area contributed by atoms with Gasteiger partial charge in [-0.2, -0.15) is 0 Å². The van der Waals surface area contributed by atoms with Gasteiger partial charge in [-0.15, -0.1) is 5.10 Å². The minimum atomic E-state index is -3.14. The van der Waals surface area contributed by atoms with Crippen LogP contribution in [0.3, 0.4) is 0 Å². The van der Waals surface area contributed by atoms with E-state index in [4.69, 9.17) is 0 Å². The molecule has 0 saturated carbocycles. The van der Waals surface area contributed by atoms with Gasteiger partial charge in [0.15, 0.2) is 12.0 Å². The number of fused-ring (bicyclic) bond motifs is 1. The van der Waals surface area contributed by atoms with E-state index in [9.17, 15) is 18.0 Å². The first-order valence-electron chi connectivity index (χ1n) is 5.56. The van der Waals surface area contributed by atoms with Crippen molar-refractivity contribution in [3.05, 3.63) is 11.6 Å².